The summed E-state index contributed by atoms with van der Waals surface area (Å²) < 4.78 is 5.01. The number of fused-ring (bicyclic) bond motifs is 1. The molecular weight excluding hydrogens is 368 g/mol. The van der Waals surface area contributed by atoms with Crippen molar-refractivity contribution >= 4 is 17.5 Å². The molecule has 29 heavy (non-hydrogen) atoms. The summed E-state index contributed by atoms with van der Waals surface area (Å²) in [6.45, 7) is 4.17. The van der Waals surface area contributed by atoms with E-state index in [-0.39, 0.29) is 23.6 Å². The van der Waals surface area contributed by atoms with Gasteiger partial charge in [-0.05, 0) is 49.9 Å². The molecule has 2 atom stereocenters. The summed E-state index contributed by atoms with van der Waals surface area (Å²) in [6, 6.07) is 9.71. The van der Waals surface area contributed by atoms with E-state index in [9.17, 15) is 9.59 Å². The first-order chi connectivity index (χ1) is 14.2. The number of benzene rings is 1. The first kappa shape index (κ1) is 18.2. The zero-order valence-corrected chi connectivity index (χ0v) is 16.5. The monoisotopic (exact) mass is 394 g/mol. The number of hydrogen-bond donors (Lipinski definition) is 0. The fourth-order valence-corrected chi connectivity index (χ4v) is 4.99. The molecule has 0 N–H and O–H groups in total. The highest BCUT2D eigenvalue weighted by Crippen LogP contribution is 2.33. The molecule has 2 amide bonds. The Balaban J connectivity index is 1.26. The number of hydrogen-bond acceptors (Lipinski definition) is 5. The number of rotatable bonds is 3. The van der Waals surface area contributed by atoms with Crippen LogP contribution in [-0.4, -0.2) is 65.5 Å². The minimum atomic E-state index is -0.143. The van der Waals surface area contributed by atoms with Gasteiger partial charge in [0.05, 0.1) is 12.2 Å². The van der Waals surface area contributed by atoms with Crippen LogP contribution in [0.5, 0.6) is 0 Å². The van der Waals surface area contributed by atoms with Gasteiger partial charge in [0.1, 0.15) is 0 Å². The highest BCUT2D eigenvalue weighted by Gasteiger charge is 2.45. The molecule has 7 nitrogen and oxygen atoms in total. The van der Waals surface area contributed by atoms with Crippen LogP contribution in [0.3, 0.4) is 0 Å². The molecule has 3 saturated heterocycles. The maximum atomic E-state index is 13.2. The van der Waals surface area contributed by atoms with Crippen LogP contribution >= 0.6 is 0 Å². The molecule has 2 aromatic rings. The number of nitrogens with zero attached hydrogens (tertiary/aromatic N) is 4. The summed E-state index contributed by atoms with van der Waals surface area (Å²) in [4.78, 5) is 31.9. The molecule has 3 fully saturated rings. The average Bonchev–Trinajstić information content (AvgIpc) is 3.51. The maximum Gasteiger partial charge on any atom is 0.292 e. The first-order valence-electron chi connectivity index (χ1n) is 10.6. The standard InChI is InChI=1S/C22H26N4O3/c27-21(16-4-6-18(7-5-16)24-11-2-1-3-12-24)26-13-9-17-14-25(15-19(17)26)22(28)20-8-10-23-29-20/h4-8,10,17,19H,1-3,9,11-15H2/t17-,19+/m0/s1. The van der Waals surface area contributed by atoms with Crippen molar-refractivity contribution < 1.29 is 14.1 Å². The topological polar surface area (TPSA) is 69.9 Å². The van der Waals surface area contributed by atoms with Crippen LogP contribution in [0, 0.1) is 5.92 Å². The number of carbonyl (C=O) groups is 2. The molecule has 0 unspecified atom stereocenters. The SMILES string of the molecule is O=C(c1ccno1)N1C[C@@H]2CCN(C(=O)c3ccc(N4CCCCC4)cc3)[C@@H]2C1. The third-order valence-corrected chi connectivity index (χ3v) is 6.58. The average molecular weight is 394 g/mol. The third-order valence-electron chi connectivity index (χ3n) is 6.58. The van der Waals surface area contributed by atoms with Gasteiger partial charge in [-0.15, -0.1) is 0 Å². The number of aromatic nitrogens is 1. The molecule has 152 valence electrons. The molecule has 5 rings (SSSR count). The van der Waals surface area contributed by atoms with E-state index < -0.39 is 0 Å². The van der Waals surface area contributed by atoms with Crippen molar-refractivity contribution in [1.82, 2.24) is 15.0 Å². The lowest BCUT2D eigenvalue weighted by atomic mass is 10.0. The second-order valence-corrected chi connectivity index (χ2v) is 8.30. The van der Waals surface area contributed by atoms with E-state index in [4.69, 9.17) is 4.52 Å². The van der Waals surface area contributed by atoms with Gasteiger partial charge < -0.3 is 19.2 Å². The van der Waals surface area contributed by atoms with E-state index in [1.54, 1.807) is 11.0 Å². The number of amides is 2. The maximum absolute atomic E-state index is 13.2. The molecule has 3 aliphatic heterocycles. The van der Waals surface area contributed by atoms with E-state index in [0.29, 0.717) is 19.0 Å². The molecule has 4 heterocycles. The molecule has 1 aromatic heterocycles. The van der Waals surface area contributed by atoms with Crippen LogP contribution in [0.1, 0.15) is 46.6 Å². The van der Waals surface area contributed by atoms with E-state index in [2.05, 4.69) is 22.2 Å². The Morgan fingerprint density at radius 3 is 2.45 bits per heavy atom. The molecular formula is C22H26N4O3. The smallest absolute Gasteiger partial charge is 0.292 e. The van der Waals surface area contributed by atoms with Gasteiger partial charge >= 0.3 is 0 Å². The van der Waals surface area contributed by atoms with Crippen LogP contribution in [0.15, 0.2) is 41.1 Å². The van der Waals surface area contributed by atoms with E-state index >= 15 is 0 Å². The predicted octanol–water partition coefficient (Wildman–Crippen LogP) is 2.65. The second-order valence-electron chi connectivity index (χ2n) is 8.30. The third kappa shape index (κ3) is 3.39. The van der Waals surface area contributed by atoms with Gasteiger partial charge in [-0.3, -0.25) is 9.59 Å². The Morgan fingerprint density at radius 1 is 0.931 bits per heavy atom. The van der Waals surface area contributed by atoms with Crippen molar-refractivity contribution in [2.45, 2.75) is 31.7 Å². The van der Waals surface area contributed by atoms with Crippen LogP contribution in [0.25, 0.3) is 0 Å². The largest absolute Gasteiger partial charge is 0.372 e. The minimum absolute atomic E-state index is 0.0664. The van der Waals surface area contributed by atoms with Crippen molar-refractivity contribution in [3.63, 3.8) is 0 Å². The molecule has 0 spiro atoms. The predicted molar refractivity (Wildman–Crippen MR) is 108 cm³/mol. The van der Waals surface area contributed by atoms with Crippen LogP contribution < -0.4 is 4.90 Å². The zero-order valence-electron chi connectivity index (χ0n) is 16.5. The Morgan fingerprint density at radius 2 is 1.72 bits per heavy atom. The van der Waals surface area contributed by atoms with Gasteiger partial charge in [-0.1, -0.05) is 5.16 Å². The molecule has 1 aromatic carbocycles. The lowest BCUT2D eigenvalue weighted by Gasteiger charge is -2.29. The van der Waals surface area contributed by atoms with Gasteiger partial charge in [0.25, 0.3) is 11.8 Å². The van der Waals surface area contributed by atoms with Gasteiger partial charge in [0.2, 0.25) is 5.76 Å². The Kier molecular flexibility index (Phi) is 4.73. The Bertz CT molecular complexity index is 874. The van der Waals surface area contributed by atoms with Gasteiger partial charge in [0.15, 0.2) is 0 Å². The van der Waals surface area contributed by atoms with Gasteiger partial charge in [-0.25, -0.2) is 0 Å². The van der Waals surface area contributed by atoms with Crippen molar-refractivity contribution in [3.8, 4) is 0 Å². The van der Waals surface area contributed by atoms with Gasteiger partial charge in [0, 0.05) is 56.0 Å². The molecule has 7 heteroatoms. The minimum Gasteiger partial charge on any atom is -0.372 e. The highest BCUT2D eigenvalue weighted by atomic mass is 16.5. The lowest BCUT2D eigenvalue weighted by Crippen LogP contribution is -2.40. The first-order valence-corrected chi connectivity index (χ1v) is 10.6. The summed E-state index contributed by atoms with van der Waals surface area (Å²) in [7, 11) is 0. The van der Waals surface area contributed by atoms with Gasteiger partial charge in [-0.2, -0.15) is 0 Å². The van der Waals surface area contributed by atoms with E-state index in [0.717, 1.165) is 31.6 Å². The zero-order chi connectivity index (χ0) is 19.8. The highest BCUT2D eigenvalue weighted by molar-refractivity contribution is 5.95. The Labute approximate surface area is 170 Å². The molecule has 0 radical (unpaired) electrons. The van der Waals surface area contributed by atoms with Crippen molar-refractivity contribution in [2.75, 3.05) is 37.6 Å². The number of likely N-dealkylation sites (tertiary alicyclic amines) is 2. The fraction of sp³-hybridized carbons (Fsp3) is 0.500. The normalized spacial score (nSPS) is 24.1. The van der Waals surface area contributed by atoms with Crippen LogP contribution in [0.2, 0.25) is 0 Å². The van der Waals surface area contributed by atoms with Crippen molar-refractivity contribution in [2.24, 2.45) is 5.92 Å². The summed E-state index contributed by atoms with van der Waals surface area (Å²) in [5, 5.41) is 3.62. The molecule has 0 saturated carbocycles. The number of anilines is 1. The summed E-state index contributed by atoms with van der Waals surface area (Å²) in [6.07, 6.45) is 6.19. The summed E-state index contributed by atoms with van der Waals surface area (Å²) in [5.74, 6) is 0.515. The second kappa shape index (κ2) is 7.54. The Hall–Kier alpha value is -2.83. The van der Waals surface area contributed by atoms with Crippen LogP contribution in [-0.2, 0) is 0 Å². The molecule has 0 bridgehead atoms. The van der Waals surface area contributed by atoms with Crippen LogP contribution in [0.4, 0.5) is 5.69 Å². The number of carbonyl (C=O) groups excluding carboxylic acids is 2. The molecule has 0 aliphatic carbocycles. The summed E-state index contributed by atoms with van der Waals surface area (Å²) in [5.41, 5.74) is 1.93. The van der Waals surface area contributed by atoms with Crippen molar-refractivity contribution in [3.05, 3.63) is 47.9 Å². The van der Waals surface area contributed by atoms with Crippen molar-refractivity contribution in [1.29, 1.82) is 0 Å². The fourth-order valence-electron chi connectivity index (χ4n) is 4.99. The van der Waals surface area contributed by atoms with E-state index in [1.165, 1.54) is 31.1 Å². The summed E-state index contributed by atoms with van der Waals surface area (Å²) >= 11 is 0. The van der Waals surface area contributed by atoms with E-state index in [1.807, 2.05) is 17.0 Å². The number of piperidine rings is 1. The molecule has 3 aliphatic rings. The lowest BCUT2D eigenvalue weighted by molar-refractivity contribution is 0.0672. The quantitative estimate of drug-likeness (QED) is 0.801.